The van der Waals surface area contributed by atoms with Gasteiger partial charge < -0.3 is 14.8 Å². The number of likely N-dealkylation sites (tertiary alicyclic amines) is 1. The summed E-state index contributed by atoms with van der Waals surface area (Å²) < 4.78 is 2.10. The number of imidazole rings is 1. The summed E-state index contributed by atoms with van der Waals surface area (Å²) in [5.74, 6) is -0.0829. The minimum absolute atomic E-state index is 0.0347. The molecular weight excluding hydrogens is 360 g/mol. The Bertz CT molecular complexity index is 935. The molecule has 1 aliphatic rings. The second kappa shape index (κ2) is 7.92. The van der Waals surface area contributed by atoms with Gasteiger partial charge in [-0.05, 0) is 42.8 Å². The Labute approximate surface area is 161 Å². The van der Waals surface area contributed by atoms with E-state index in [0.717, 1.165) is 36.8 Å². The highest BCUT2D eigenvalue weighted by atomic mass is 32.1. The van der Waals surface area contributed by atoms with Gasteiger partial charge in [0.1, 0.15) is 6.04 Å². The maximum atomic E-state index is 12.6. The van der Waals surface area contributed by atoms with E-state index in [0.29, 0.717) is 18.0 Å². The van der Waals surface area contributed by atoms with E-state index in [-0.39, 0.29) is 17.9 Å². The summed E-state index contributed by atoms with van der Waals surface area (Å²) in [4.78, 5) is 32.0. The minimum atomic E-state index is -0.353. The number of carbonyl (C=O) groups excluding carboxylic acids is 2. The SMILES string of the molecule is O=C(NCCCn1cnc2ccccc21)[C@@H]1CCCN1C(=O)c1cccs1. The smallest absolute Gasteiger partial charge is 0.264 e. The van der Waals surface area contributed by atoms with Gasteiger partial charge in [-0.15, -0.1) is 11.3 Å². The van der Waals surface area contributed by atoms with Crippen molar-refractivity contribution < 1.29 is 9.59 Å². The number of nitrogens with one attached hydrogen (secondary N) is 1. The minimum Gasteiger partial charge on any atom is -0.354 e. The number of carbonyl (C=O) groups is 2. The Morgan fingerprint density at radius 2 is 2.11 bits per heavy atom. The van der Waals surface area contributed by atoms with Crippen molar-refractivity contribution in [3.63, 3.8) is 0 Å². The summed E-state index contributed by atoms with van der Waals surface area (Å²) >= 11 is 1.42. The lowest BCUT2D eigenvalue weighted by Gasteiger charge is -2.23. The Kier molecular flexibility index (Phi) is 5.20. The maximum absolute atomic E-state index is 12.6. The van der Waals surface area contributed by atoms with Crippen LogP contribution in [0.15, 0.2) is 48.1 Å². The van der Waals surface area contributed by atoms with E-state index >= 15 is 0 Å². The highest BCUT2D eigenvalue weighted by Gasteiger charge is 2.34. The van der Waals surface area contributed by atoms with Crippen LogP contribution < -0.4 is 5.32 Å². The van der Waals surface area contributed by atoms with Crippen molar-refractivity contribution in [3.05, 3.63) is 53.0 Å². The van der Waals surface area contributed by atoms with Crippen LogP contribution in [0.3, 0.4) is 0 Å². The third-order valence-corrected chi connectivity index (χ3v) is 5.81. The van der Waals surface area contributed by atoms with E-state index in [2.05, 4.69) is 14.9 Å². The number of thiophene rings is 1. The van der Waals surface area contributed by atoms with Gasteiger partial charge in [0.25, 0.3) is 5.91 Å². The molecule has 0 spiro atoms. The van der Waals surface area contributed by atoms with Crippen LogP contribution in [0.25, 0.3) is 11.0 Å². The normalized spacial score (nSPS) is 16.7. The lowest BCUT2D eigenvalue weighted by molar-refractivity contribution is -0.124. The first-order valence-corrected chi connectivity index (χ1v) is 10.1. The van der Waals surface area contributed by atoms with E-state index in [1.807, 2.05) is 48.1 Å². The van der Waals surface area contributed by atoms with Gasteiger partial charge in [-0.2, -0.15) is 0 Å². The average molecular weight is 382 g/mol. The van der Waals surface area contributed by atoms with Gasteiger partial charge in [0, 0.05) is 19.6 Å². The molecule has 1 saturated heterocycles. The average Bonchev–Trinajstić information content (AvgIpc) is 3.45. The highest BCUT2D eigenvalue weighted by molar-refractivity contribution is 7.12. The predicted octanol–water partition coefficient (Wildman–Crippen LogP) is 2.91. The fraction of sp³-hybridized carbons (Fsp3) is 0.350. The van der Waals surface area contributed by atoms with Gasteiger partial charge in [-0.3, -0.25) is 9.59 Å². The topological polar surface area (TPSA) is 67.2 Å². The second-order valence-corrected chi connectivity index (χ2v) is 7.65. The number of para-hydroxylation sites is 2. The third kappa shape index (κ3) is 3.73. The first kappa shape index (κ1) is 17.7. The number of benzene rings is 1. The molecule has 2 amide bonds. The lowest BCUT2D eigenvalue weighted by Crippen LogP contribution is -2.46. The van der Waals surface area contributed by atoms with Crippen LogP contribution in [0.1, 0.15) is 28.9 Å². The second-order valence-electron chi connectivity index (χ2n) is 6.71. The zero-order valence-corrected chi connectivity index (χ0v) is 15.8. The first-order chi connectivity index (χ1) is 13.2. The lowest BCUT2D eigenvalue weighted by atomic mass is 10.2. The molecular formula is C20H22N4O2S. The molecule has 1 aliphatic heterocycles. The largest absolute Gasteiger partial charge is 0.354 e. The van der Waals surface area contributed by atoms with E-state index < -0.39 is 0 Å². The molecule has 1 N–H and O–H groups in total. The molecule has 1 fully saturated rings. The van der Waals surface area contributed by atoms with Gasteiger partial charge in [0.15, 0.2) is 0 Å². The first-order valence-electron chi connectivity index (χ1n) is 9.26. The molecule has 0 saturated carbocycles. The zero-order valence-electron chi connectivity index (χ0n) is 15.0. The van der Waals surface area contributed by atoms with Crippen molar-refractivity contribution in [2.24, 2.45) is 0 Å². The highest BCUT2D eigenvalue weighted by Crippen LogP contribution is 2.22. The quantitative estimate of drug-likeness (QED) is 0.667. The van der Waals surface area contributed by atoms with Crippen molar-refractivity contribution in [2.45, 2.75) is 31.8 Å². The molecule has 2 aromatic heterocycles. The number of aromatic nitrogens is 2. The molecule has 140 valence electrons. The molecule has 0 unspecified atom stereocenters. The van der Waals surface area contributed by atoms with Gasteiger partial charge in [0.05, 0.1) is 22.2 Å². The maximum Gasteiger partial charge on any atom is 0.264 e. The summed E-state index contributed by atoms with van der Waals surface area (Å²) in [6.45, 7) is 2.03. The standard InChI is InChI=1S/C20H22N4O2S/c25-19(17-8-3-12-24(17)20(26)18-9-4-13-27-18)21-10-5-11-23-14-22-15-6-1-2-7-16(15)23/h1-2,4,6-7,9,13-14,17H,3,5,8,10-12H2,(H,21,25)/t17-/m0/s1. The summed E-state index contributed by atoms with van der Waals surface area (Å²) in [5.41, 5.74) is 2.09. The molecule has 1 atom stereocenters. The fourth-order valence-electron chi connectivity index (χ4n) is 3.59. The zero-order chi connectivity index (χ0) is 18.6. The van der Waals surface area contributed by atoms with Crippen molar-refractivity contribution >= 4 is 34.2 Å². The van der Waals surface area contributed by atoms with Crippen LogP contribution in [0.4, 0.5) is 0 Å². The van der Waals surface area contributed by atoms with Crippen LogP contribution in [-0.4, -0.2) is 45.4 Å². The number of hydrogen-bond acceptors (Lipinski definition) is 4. The van der Waals surface area contributed by atoms with Gasteiger partial charge >= 0.3 is 0 Å². The van der Waals surface area contributed by atoms with Crippen molar-refractivity contribution in [3.8, 4) is 0 Å². The van der Waals surface area contributed by atoms with Gasteiger partial charge in [0.2, 0.25) is 5.91 Å². The molecule has 0 radical (unpaired) electrons. The molecule has 1 aromatic carbocycles. The van der Waals surface area contributed by atoms with Gasteiger partial charge in [-0.25, -0.2) is 4.98 Å². The number of fused-ring (bicyclic) bond motifs is 1. The monoisotopic (exact) mass is 382 g/mol. The molecule has 4 rings (SSSR count). The number of nitrogens with zero attached hydrogens (tertiary/aromatic N) is 3. The van der Waals surface area contributed by atoms with E-state index in [4.69, 9.17) is 0 Å². The number of hydrogen-bond donors (Lipinski definition) is 1. The Balaban J connectivity index is 1.29. The van der Waals surface area contributed by atoms with Crippen LogP contribution in [0, 0.1) is 0 Å². The van der Waals surface area contributed by atoms with Crippen LogP contribution in [0.5, 0.6) is 0 Å². The molecule has 27 heavy (non-hydrogen) atoms. The molecule has 0 aliphatic carbocycles. The van der Waals surface area contributed by atoms with E-state index in [1.54, 1.807) is 4.90 Å². The summed E-state index contributed by atoms with van der Waals surface area (Å²) in [7, 11) is 0. The predicted molar refractivity (Wildman–Crippen MR) is 106 cm³/mol. The Morgan fingerprint density at radius 3 is 2.96 bits per heavy atom. The Morgan fingerprint density at radius 1 is 1.22 bits per heavy atom. The van der Waals surface area contributed by atoms with Crippen LogP contribution >= 0.6 is 11.3 Å². The van der Waals surface area contributed by atoms with Crippen LogP contribution in [0.2, 0.25) is 0 Å². The van der Waals surface area contributed by atoms with Crippen molar-refractivity contribution in [1.29, 1.82) is 0 Å². The van der Waals surface area contributed by atoms with E-state index in [9.17, 15) is 9.59 Å². The number of amides is 2. The number of aryl methyl sites for hydroxylation is 1. The number of rotatable bonds is 6. The molecule has 6 nitrogen and oxygen atoms in total. The third-order valence-electron chi connectivity index (χ3n) is 4.95. The van der Waals surface area contributed by atoms with Crippen LogP contribution in [-0.2, 0) is 11.3 Å². The summed E-state index contributed by atoms with van der Waals surface area (Å²) in [5, 5.41) is 4.89. The van der Waals surface area contributed by atoms with E-state index in [1.165, 1.54) is 11.3 Å². The summed E-state index contributed by atoms with van der Waals surface area (Å²) in [6, 6.07) is 11.3. The Hall–Kier alpha value is -2.67. The molecule has 0 bridgehead atoms. The summed E-state index contributed by atoms with van der Waals surface area (Å²) in [6.07, 6.45) is 4.26. The van der Waals surface area contributed by atoms with Crippen molar-refractivity contribution in [2.75, 3.05) is 13.1 Å². The molecule has 7 heteroatoms. The van der Waals surface area contributed by atoms with Gasteiger partial charge in [-0.1, -0.05) is 18.2 Å². The fourth-order valence-corrected chi connectivity index (χ4v) is 4.27. The molecule has 3 heterocycles. The van der Waals surface area contributed by atoms with Crippen molar-refractivity contribution in [1.82, 2.24) is 19.8 Å². The molecule has 3 aromatic rings.